The van der Waals surface area contributed by atoms with E-state index in [0.29, 0.717) is 24.8 Å². The molecular formula is C17H21N7O2. The Balaban J connectivity index is 1.48. The molecule has 9 heteroatoms. The summed E-state index contributed by atoms with van der Waals surface area (Å²) in [6.07, 6.45) is 5.04. The van der Waals surface area contributed by atoms with E-state index >= 15 is 0 Å². The number of piperazine rings is 1. The Bertz CT molecular complexity index is 959. The van der Waals surface area contributed by atoms with Crippen LogP contribution in [0.1, 0.15) is 5.69 Å². The van der Waals surface area contributed by atoms with Gasteiger partial charge in [-0.3, -0.25) is 4.79 Å². The van der Waals surface area contributed by atoms with Crippen LogP contribution in [-0.4, -0.2) is 56.9 Å². The number of aromatic nitrogens is 5. The van der Waals surface area contributed by atoms with Gasteiger partial charge in [-0.1, -0.05) is 0 Å². The lowest BCUT2D eigenvalue weighted by atomic mass is 10.3. The minimum Gasteiger partial charge on any atom is -0.476 e. The third kappa shape index (κ3) is 3.25. The zero-order valence-corrected chi connectivity index (χ0v) is 14.6. The molecule has 1 fully saturated rings. The highest BCUT2D eigenvalue weighted by Gasteiger charge is 2.16. The van der Waals surface area contributed by atoms with Crippen molar-refractivity contribution in [3.8, 4) is 5.88 Å². The van der Waals surface area contributed by atoms with Gasteiger partial charge in [-0.25, -0.2) is 9.97 Å². The quantitative estimate of drug-likeness (QED) is 0.693. The molecule has 0 saturated carbocycles. The van der Waals surface area contributed by atoms with Gasteiger partial charge >= 0.3 is 0 Å². The molecule has 4 heterocycles. The van der Waals surface area contributed by atoms with E-state index in [2.05, 4.69) is 20.4 Å². The molecule has 0 radical (unpaired) electrons. The van der Waals surface area contributed by atoms with Gasteiger partial charge < -0.3 is 19.5 Å². The predicted octanol–water partition coefficient (Wildman–Crippen LogP) is 0.0830. The van der Waals surface area contributed by atoms with Gasteiger partial charge in [0, 0.05) is 56.4 Å². The molecule has 0 unspecified atom stereocenters. The minimum atomic E-state index is -0.0897. The second kappa shape index (κ2) is 7.12. The topological polar surface area (TPSA) is 89.6 Å². The van der Waals surface area contributed by atoms with E-state index < -0.39 is 0 Å². The first-order chi connectivity index (χ1) is 12.7. The van der Waals surface area contributed by atoms with Crippen LogP contribution >= 0.6 is 0 Å². The monoisotopic (exact) mass is 355 g/mol. The molecule has 0 atom stereocenters. The van der Waals surface area contributed by atoms with Crippen molar-refractivity contribution in [2.75, 3.05) is 37.7 Å². The number of nitrogens with one attached hydrogen (secondary N) is 1. The molecule has 4 rings (SSSR count). The fourth-order valence-electron chi connectivity index (χ4n) is 3.06. The number of aryl methyl sites for hydroxylation is 1. The SMILES string of the molecule is Cc1cc(OCCn2ccnc(N3CCNCC3)c2=O)n2nccc2n1. The first-order valence-electron chi connectivity index (χ1n) is 8.68. The van der Waals surface area contributed by atoms with E-state index in [1.54, 1.807) is 27.7 Å². The normalized spacial score (nSPS) is 14.7. The van der Waals surface area contributed by atoms with Crippen LogP contribution in [0.3, 0.4) is 0 Å². The third-order valence-electron chi connectivity index (χ3n) is 4.35. The summed E-state index contributed by atoms with van der Waals surface area (Å²) in [6, 6.07) is 3.66. The fraction of sp³-hybridized carbons (Fsp3) is 0.412. The molecule has 9 nitrogen and oxygen atoms in total. The number of hydrogen-bond donors (Lipinski definition) is 1. The molecule has 1 aliphatic rings. The first kappa shape index (κ1) is 16.5. The Labute approximate surface area is 150 Å². The third-order valence-corrected chi connectivity index (χ3v) is 4.35. The van der Waals surface area contributed by atoms with Crippen LogP contribution < -0.4 is 20.5 Å². The van der Waals surface area contributed by atoms with Crippen LogP contribution in [0.25, 0.3) is 5.65 Å². The number of anilines is 1. The molecule has 0 bridgehead atoms. The number of hydrogen-bond acceptors (Lipinski definition) is 7. The molecule has 136 valence electrons. The molecule has 0 spiro atoms. The molecule has 1 aliphatic heterocycles. The van der Waals surface area contributed by atoms with E-state index in [9.17, 15) is 4.79 Å². The van der Waals surface area contributed by atoms with E-state index in [1.165, 1.54) is 0 Å². The van der Waals surface area contributed by atoms with E-state index in [1.807, 2.05) is 24.0 Å². The molecule has 0 aromatic carbocycles. The standard InChI is InChI=1S/C17H21N7O2/c1-13-12-15(24-14(21-13)2-3-20-24)26-11-10-23-9-6-19-16(17(23)25)22-7-4-18-5-8-22/h2-3,6,9,12,18H,4-5,7-8,10-11H2,1H3. The maximum absolute atomic E-state index is 12.7. The van der Waals surface area contributed by atoms with Crippen LogP contribution in [-0.2, 0) is 6.54 Å². The summed E-state index contributed by atoms with van der Waals surface area (Å²) < 4.78 is 9.14. The van der Waals surface area contributed by atoms with Crippen LogP contribution in [0.15, 0.2) is 35.5 Å². The summed E-state index contributed by atoms with van der Waals surface area (Å²) in [5.41, 5.74) is 1.50. The number of nitrogens with zero attached hydrogens (tertiary/aromatic N) is 6. The second-order valence-corrected chi connectivity index (χ2v) is 6.17. The van der Waals surface area contributed by atoms with Crippen LogP contribution in [0.5, 0.6) is 5.88 Å². The van der Waals surface area contributed by atoms with Crippen molar-refractivity contribution < 1.29 is 4.74 Å². The van der Waals surface area contributed by atoms with Crippen LogP contribution in [0.2, 0.25) is 0 Å². The number of rotatable bonds is 5. The minimum absolute atomic E-state index is 0.0897. The summed E-state index contributed by atoms with van der Waals surface area (Å²) in [4.78, 5) is 23.4. The molecule has 3 aromatic rings. The Morgan fingerprint density at radius 1 is 1.27 bits per heavy atom. The Hall–Kier alpha value is -2.94. The molecule has 3 aromatic heterocycles. The van der Waals surface area contributed by atoms with Crippen molar-refractivity contribution in [1.29, 1.82) is 0 Å². The molecule has 26 heavy (non-hydrogen) atoms. The van der Waals surface area contributed by atoms with Gasteiger partial charge in [0.15, 0.2) is 11.5 Å². The highest BCUT2D eigenvalue weighted by Crippen LogP contribution is 2.14. The Morgan fingerprint density at radius 2 is 2.12 bits per heavy atom. The second-order valence-electron chi connectivity index (χ2n) is 6.17. The molecule has 1 saturated heterocycles. The number of fused-ring (bicyclic) bond motifs is 1. The Kier molecular flexibility index (Phi) is 4.53. The zero-order chi connectivity index (χ0) is 17.9. The first-order valence-corrected chi connectivity index (χ1v) is 8.68. The van der Waals surface area contributed by atoms with Gasteiger partial charge in [-0.15, -0.1) is 0 Å². The number of ether oxygens (including phenoxy) is 1. The highest BCUT2D eigenvalue weighted by molar-refractivity contribution is 5.40. The van der Waals surface area contributed by atoms with Crippen molar-refractivity contribution in [2.24, 2.45) is 0 Å². The summed E-state index contributed by atoms with van der Waals surface area (Å²) in [5.74, 6) is 1.12. The highest BCUT2D eigenvalue weighted by atomic mass is 16.5. The Morgan fingerprint density at radius 3 is 2.96 bits per heavy atom. The van der Waals surface area contributed by atoms with E-state index in [-0.39, 0.29) is 5.56 Å². The molecular weight excluding hydrogens is 334 g/mol. The van der Waals surface area contributed by atoms with Gasteiger partial charge in [0.25, 0.3) is 5.56 Å². The van der Waals surface area contributed by atoms with E-state index in [4.69, 9.17) is 4.74 Å². The summed E-state index contributed by atoms with van der Waals surface area (Å²) in [7, 11) is 0. The predicted molar refractivity (Wildman–Crippen MR) is 96.8 cm³/mol. The average molecular weight is 355 g/mol. The smallest absolute Gasteiger partial charge is 0.293 e. The summed E-state index contributed by atoms with van der Waals surface area (Å²) in [5, 5.41) is 7.49. The van der Waals surface area contributed by atoms with Crippen molar-refractivity contribution >= 4 is 11.5 Å². The maximum atomic E-state index is 12.7. The van der Waals surface area contributed by atoms with Crippen molar-refractivity contribution in [1.82, 2.24) is 29.5 Å². The lowest BCUT2D eigenvalue weighted by Gasteiger charge is -2.27. The summed E-state index contributed by atoms with van der Waals surface area (Å²) in [6.45, 7) is 5.99. The average Bonchev–Trinajstić information content (AvgIpc) is 3.12. The van der Waals surface area contributed by atoms with Crippen LogP contribution in [0.4, 0.5) is 5.82 Å². The van der Waals surface area contributed by atoms with Gasteiger partial charge in [0.2, 0.25) is 5.88 Å². The fourth-order valence-corrected chi connectivity index (χ4v) is 3.06. The molecule has 0 amide bonds. The van der Waals surface area contributed by atoms with Gasteiger partial charge in [-0.05, 0) is 6.92 Å². The van der Waals surface area contributed by atoms with Gasteiger partial charge in [0.1, 0.15) is 6.61 Å². The molecule has 0 aliphatic carbocycles. The van der Waals surface area contributed by atoms with Crippen molar-refractivity contribution in [3.05, 3.63) is 46.8 Å². The maximum Gasteiger partial charge on any atom is 0.293 e. The summed E-state index contributed by atoms with van der Waals surface area (Å²) >= 11 is 0. The lowest BCUT2D eigenvalue weighted by Crippen LogP contribution is -2.46. The van der Waals surface area contributed by atoms with Crippen LogP contribution in [0, 0.1) is 6.92 Å². The van der Waals surface area contributed by atoms with Gasteiger partial charge in [0.05, 0.1) is 12.7 Å². The molecule has 1 N–H and O–H groups in total. The van der Waals surface area contributed by atoms with Crippen molar-refractivity contribution in [2.45, 2.75) is 13.5 Å². The van der Waals surface area contributed by atoms with E-state index in [0.717, 1.165) is 37.5 Å². The lowest BCUT2D eigenvalue weighted by molar-refractivity contribution is 0.278. The largest absolute Gasteiger partial charge is 0.476 e. The zero-order valence-electron chi connectivity index (χ0n) is 14.6. The van der Waals surface area contributed by atoms with Crippen molar-refractivity contribution in [3.63, 3.8) is 0 Å². The van der Waals surface area contributed by atoms with Gasteiger partial charge in [-0.2, -0.15) is 9.61 Å².